The monoisotopic (exact) mass is 460 g/mol. The first kappa shape index (κ1) is 26.2. The van der Waals surface area contributed by atoms with E-state index in [9.17, 15) is 14.7 Å². The van der Waals surface area contributed by atoms with Gasteiger partial charge in [-0.3, -0.25) is 14.5 Å². The van der Waals surface area contributed by atoms with Crippen molar-refractivity contribution < 1.29 is 19.4 Å². The molecule has 6 heteroatoms. The highest BCUT2D eigenvalue weighted by molar-refractivity contribution is 5.76. The Balaban J connectivity index is 1.60. The zero-order chi connectivity index (χ0) is 24.3. The summed E-state index contributed by atoms with van der Waals surface area (Å²) in [6.07, 6.45) is 8.48. The van der Waals surface area contributed by atoms with Crippen LogP contribution in [0.15, 0.2) is 11.6 Å². The lowest BCUT2D eigenvalue weighted by atomic mass is 9.57. The summed E-state index contributed by atoms with van der Waals surface area (Å²) in [5.74, 6) is 1.32. The molecule has 3 aliphatic rings. The van der Waals surface area contributed by atoms with Gasteiger partial charge in [0, 0.05) is 52.0 Å². The molecule has 6 atom stereocenters. The molecule has 0 aromatic rings. The molecule has 2 fully saturated rings. The van der Waals surface area contributed by atoms with Gasteiger partial charge < -0.3 is 14.7 Å². The molecule has 0 bridgehead atoms. The van der Waals surface area contributed by atoms with Gasteiger partial charge in [0.15, 0.2) is 0 Å². The maximum atomic E-state index is 12.5. The van der Waals surface area contributed by atoms with Crippen LogP contribution in [-0.2, 0) is 14.3 Å². The maximum Gasteiger partial charge on any atom is 0.303 e. The highest BCUT2D eigenvalue weighted by atomic mass is 16.5. The molecule has 33 heavy (non-hydrogen) atoms. The summed E-state index contributed by atoms with van der Waals surface area (Å²) in [6, 6.07) is 0. The number of piperazine rings is 1. The Kier molecular flexibility index (Phi) is 8.66. The van der Waals surface area contributed by atoms with Gasteiger partial charge in [-0.2, -0.15) is 0 Å². The third-order valence-corrected chi connectivity index (χ3v) is 8.09. The number of hydrogen-bond donors (Lipinski definition) is 1. The van der Waals surface area contributed by atoms with Crippen LogP contribution in [0.4, 0.5) is 0 Å². The number of esters is 1. The molecule has 1 N–H and O–H groups in total. The summed E-state index contributed by atoms with van der Waals surface area (Å²) in [7, 11) is 0. The number of carbonyl (C=O) groups excluding carboxylic acids is 2. The van der Waals surface area contributed by atoms with E-state index in [1.165, 1.54) is 6.92 Å². The van der Waals surface area contributed by atoms with Crippen molar-refractivity contribution in [2.24, 2.45) is 29.6 Å². The summed E-state index contributed by atoms with van der Waals surface area (Å²) in [5, 5.41) is 11.7. The fourth-order valence-corrected chi connectivity index (χ4v) is 5.90. The molecule has 186 valence electrons. The normalized spacial score (nSPS) is 33.9. The quantitative estimate of drug-likeness (QED) is 0.465. The first-order valence-electron chi connectivity index (χ1n) is 12.9. The number of rotatable bonds is 7. The molecule has 0 spiro atoms. The van der Waals surface area contributed by atoms with Gasteiger partial charge in [0.05, 0.1) is 12.0 Å². The zero-order valence-corrected chi connectivity index (χ0v) is 21.5. The molecule has 1 aliphatic heterocycles. The molecular weight excluding hydrogens is 416 g/mol. The van der Waals surface area contributed by atoms with Gasteiger partial charge >= 0.3 is 5.97 Å². The minimum absolute atomic E-state index is 0.0121. The van der Waals surface area contributed by atoms with Gasteiger partial charge in [0.2, 0.25) is 5.91 Å². The van der Waals surface area contributed by atoms with E-state index in [0.29, 0.717) is 30.1 Å². The Morgan fingerprint density at radius 1 is 1.21 bits per heavy atom. The van der Waals surface area contributed by atoms with Crippen molar-refractivity contribution in [2.45, 2.75) is 78.9 Å². The van der Waals surface area contributed by atoms with Crippen LogP contribution >= 0.6 is 0 Å². The minimum atomic E-state index is -1.07. The molecule has 2 aliphatic carbocycles. The average molecular weight is 461 g/mol. The van der Waals surface area contributed by atoms with E-state index in [1.54, 1.807) is 0 Å². The molecule has 0 aromatic carbocycles. The number of amides is 1. The zero-order valence-electron chi connectivity index (χ0n) is 21.5. The second-order valence-corrected chi connectivity index (χ2v) is 11.1. The van der Waals surface area contributed by atoms with Crippen molar-refractivity contribution in [3.05, 3.63) is 18.1 Å². The molecule has 3 rings (SSSR count). The number of nitrogens with zero attached hydrogens (tertiary/aromatic N) is 2. The second-order valence-electron chi connectivity index (χ2n) is 11.1. The van der Waals surface area contributed by atoms with E-state index in [-0.39, 0.29) is 17.8 Å². The Morgan fingerprint density at radius 3 is 2.48 bits per heavy atom. The highest BCUT2D eigenvalue weighted by Gasteiger charge is 2.53. The Bertz CT molecular complexity index is 728. The van der Waals surface area contributed by atoms with Crippen molar-refractivity contribution >= 4 is 11.9 Å². The van der Waals surface area contributed by atoms with Gasteiger partial charge in [-0.25, -0.2) is 0 Å². The number of carbonyl (C=O) groups is 2. The van der Waals surface area contributed by atoms with Crippen LogP contribution in [0.1, 0.15) is 67.2 Å². The molecule has 0 unspecified atom stereocenters. The maximum absolute atomic E-state index is 12.5. The van der Waals surface area contributed by atoms with Crippen LogP contribution in [-0.4, -0.2) is 71.2 Å². The largest absolute Gasteiger partial charge is 0.457 e. The third kappa shape index (κ3) is 6.19. The SMILES string of the molecule is CC(=O)O[C@@H]1[C][C@@]2(O)[C@H](C)CC[C@@H]([C@H](C)CN3CCN(C(=O)CCC(C)C)CC3)[C@H]2C=C1C. The summed E-state index contributed by atoms with van der Waals surface area (Å²) < 4.78 is 5.42. The van der Waals surface area contributed by atoms with Crippen molar-refractivity contribution in [1.82, 2.24) is 9.80 Å². The summed E-state index contributed by atoms with van der Waals surface area (Å²) in [4.78, 5) is 28.5. The number of fused-ring (bicyclic) bond motifs is 1. The van der Waals surface area contributed by atoms with E-state index >= 15 is 0 Å². The van der Waals surface area contributed by atoms with Crippen LogP contribution in [0.5, 0.6) is 0 Å². The number of hydrogen-bond acceptors (Lipinski definition) is 5. The van der Waals surface area contributed by atoms with Crippen molar-refractivity contribution in [1.29, 1.82) is 0 Å². The van der Waals surface area contributed by atoms with Crippen LogP contribution in [0.2, 0.25) is 0 Å². The van der Waals surface area contributed by atoms with Crippen LogP contribution in [0.3, 0.4) is 0 Å². The molecule has 1 heterocycles. The fourth-order valence-electron chi connectivity index (χ4n) is 5.90. The predicted octanol–water partition coefficient (Wildman–Crippen LogP) is 3.57. The van der Waals surface area contributed by atoms with Crippen LogP contribution in [0, 0.1) is 36.0 Å². The molecular formula is C27H44N2O4. The second kappa shape index (κ2) is 10.9. The smallest absolute Gasteiger partial charge is 0.303 e. The van der Waals surface area contributed by atoms with Crippen LogP contribution in [0.25, 0.3) is 0 Å². The van der Waals surface area contributed by atoms with E-state index in [4.69, 9.17) is 4.74 Å². The lowest BCUT2D eigenvalue weighted by Gasteiger charge is -2.53. The lowest BCUT2D eigenvalue weighted by molar-refractivity contribution is -0.148. The molecule has 1 saturated carbocycles. The van der Waals surface area contributed by atoms with Gasteiger partial charge in [0.25, 0.3) is 0 Å². The summed E-state index contributed by atoms with van der Waals surface area (Å²) >= 11 is 0. The third-order valence-electron chi connectivity index (χ3n) is 8.09. The van der Waals surface area contributed by atoms with E-state index < -0.39 is 11.7 Å². The van der Waals surface area contributed by atoms with Gasteiger partial charge in [-0.15, -0.1) is 0 Å². The van der Waals surface area contributed by atoms with Gasteiger partial charge in [0.1, 0.15) is 6.10 Å². The van der Waals surface area contributed by atoms with Gasteiger partial charge in [-0.05, 0) is 55.4 Å². The Morgan fingerprint density at radius 2 is 1.88 bits per heavy atom. The fraction of sp³-hybridized carbons (Fsp3) is 0.815. The predicted molar refractivity (Wildman–Crippen MR) is 129 cm³/mol. The number of aliphatic hydroxyl groups is 1. The first-order chi connectivity index (χ1) is 15.5. The van der Waals surface area contributed by atoms with E-state index in [2.05, 4.69) is 45.1 Å². The molecule has 0 aromatic heterocycles. The van der Waals surface area contributed by atoms with Crippen LogP contribution < -0.4 is 0 Å². The minimum Gasteiger partial charge on any atom is -0.457 e. The average Bonchev–Trinajstić information content (AvgIpc) is 2.74. The van der Waals surface area contributed by atoms with Crippen molar-refractivity contribution in [3.8, 4) is 0 Å². The Labute approximate surface area is 200 Å². The highest BCUT2D eigenvalue weighted by Crippen LogP contribution is 2.50. The lowest BCUT2D eigenvalue weighted by Crippen LogP contribution is -2.57. The molecule has 2 radical (unpaired) electrons. The molecule has 6 nitrogen and oxygen atoms in total. The van der Waals surface area contributed by atoms with Gasteiger partial charge in [-0.1, -0.05) is 33.8 Å². The first-order valence-corrected chi connectivity index (χ1v) is 12.9. The van der Waals surface area contributed by atoms with E-state index in [1.807, 2.05) is 11.8 Å². The summed E-state index contributed by atoms with van der Waals surface area (Å²) in [5.41, 5.74) is -0.113. The topological polar surface area (TPSA) is 70.1 Å². The molecule has 1 saturated heterocycles. The van der Waals surface area contributed by atoms with Crippen molar-refractivity contribution in [2.75, 3.05) is 32.7 Å². The Hall–Kier alpha value is -1.40. The van der Waals surface area contributed by atoms with Crippen molar-refractivity contribution in [3.63, 3.8) is 0 Å². The van der Waals surface area contributed by atoms with E-state index in [0.717, 1.165) is 57.6 Å². The summed E-state index contributed by atoms with van der Waals surface area (Å²) in [6.45, 7) is 16.5. The molecule has 1 amide bonds. The standard InChI is InChI=1S/C27H44N2O4/c1-18(2)7-10-26(31)29-13-11-28(12-14-29)17-20(4)23-9-8-21(5)27(32)16-25(33-22(6)30)19(3)15-24(23)27/h15,18,20-21,23-25,32H,7-14,17H2,1-6H3/t20-,21-,23+,24-,25-,27-/m1/s1. The number of ether oxygens (including phenoxy) is 1.